The molecule has 3 heteroatoms. The van der Waals surface area contributed by atoms with Crippen molar-refractivity contribution < 1.29 is 9.53 Å². The molecular weight excluding hydrogens is 238 g/mol. The van der Waals surface area contributed by atoms with Crippen LogP contribution in [0.1, 0.15) is 49.4 Å². The lowest BCUT2D eigenvalue weighted by Crippen LogP contribution is -2.28. The van der Waals surface area contributed by atoms with Crippen molar-refractivity contribution >= 4 is 11.5 Å². The summed E-state index contributed by atoms with van der Waals surface area (Å²) < 4.78 is 5.35. The molecule has 0 bridgehead atoms. The molecule has 0 aliphatic carbocycles. The maximum atomic E-state index is 11.9. The molecule has 1 aliphatic rings. The highest BCUT2D eigenvalue weighted by molar-refractivity contribution is 6.02. The number of hydrogen-bond donors (Lipinski definition) is 0. The zero-order valence-corrected chi connectivity index (χ0v) is 11.9. The van der Waals surface area contributed by atoms with Crippen molar-refractivity contribution in [2.45, 2.75) is 39.0 Å². The van der Waals surface area contributed by atoms with Crippen LogP contribution in [-0.4, -0.2) is 26.0 Å². The SMILES string of the molecule is COc1cccc(N2CCCCCCC2)c1C(C)=O. The van der Waals surface area contributed by atoms with E-state index in [0.29, 0.717) is 5.75 Å². The Labute approximate surface area is 115 Å². The van der Waals surface area contributed by atoms with Crippen LogP contribution in [0.5, 0.6) is 5.75 Å². The second kappa shape index (κ2) is 6.60. The van der Waals surface area contributed by atoms with Crippen LogP contribution in [0.4, 0.5) is 5.69 Å². The lowest BCUT2D eigenvalue weighted by molar-refractivity contribution is 0.101. The fraction of sp³-hybridized carbons (Fsp3) is 0.562. The van der Waals surface area contributed by atoms with Crippen LogP contribution < -0.4 is 9.64 Å². The number of hydrogen-bond acceptors (Lipinski definition) is 3. The van der Waals surface area contributed by atoms with E-state index in [4.69, 9.17) is 4.74 Å². The molecule has 1 aromatic rings. The highest BCUT2D eigenvalue weighted by atomic mass is 16.5. The van der Waals surface area contributed by atoms with Gasteiger partial charge < -0.3 is 9.64 Å². The van der Waals surface area contributed by atoms with Gasteiger partial charge in [0.25, 0.3) is 0 Å². The van der Waals surface area contributed by atoms with Crippen molar-refractivity contribution in [3.8, 4) is 5.75 Å². The topological polar surface area (TPSA) is 29.5 Å². The van der Waals surface area contributed by atoms with Gasteiger partial charge >= 0.3 is 0 Å². The maximum Gasteiger partial charge on any atom is 0.165 e. The summed E-state index contributed by atoms with van der Waals surface area (Å²) in [6, 6.07) is 5.88. The molecule has 0 unspecified atom stereocenters. The molecule has 0 radical (unpaired) electrons. The Hall–Kier alpha value is -1.51. The molecular formula is C16H23NO2. The Morgan fingerprint density at radius 2 is 1.74 bits per heavy atom. The van der Waals surface area contributed by atoms with Gasteiger partial charge in [-0.05, 0) is 31.9 Å². The maximum absolute atomic E-state index is 11.9. The number of nitrogens with zero attached hydrogens (tertiary/aromatic N) is 1. The van der Waals surface area contributed by atoms with Gasteiger partial charge in [0.15, 0.2) is 5.78 Å². The van der Waals surface area contributed by atoms with E-state index < -0.39 is 0 Å². The number of rotatable bonds is 3. The highest BCUT2D eigenvalue weighted by Crippen LogP contribution is 2.31. The minimum atomic E-state index is 0.0782. The molecule has 1 aromatic carbocycles. The first-order valence-corrected chi connectivity index (χ1v) is 7.17. The molecule has 0 saturated carbocycles. The second-order valence-electron chi connectivity index (χ2n) is 5.17. The Balaban J connectivity index is 2.33. The van der Waals surface area contributed by atoms with E-state index in [1.165, 1.54) is 32.1 Å². The van der Waals surface area contributed by atoms with Gasteiger partial charge in [0.1, 0.15) is 5.75 Å². The van der Waals surface area contributed by atoms with Crippen LogP contribution in [0.2, 0.25) is 0 Å². The van der Waals surface area contributed by atoms with Crippen molar-refractivity contribution in [1.82, 2.24) is 0 Å². The fourth-order valence-electron chi connectivity index (χ4n) is 2.80. The van der Waals surface area contributed by atoms with Gasteiger partial charge in [-0.2, -0.15) is 0 Å². The number of ketones is 1. The zero-order chi connectivity index (χ0) is 13.7. The Morgan fingerprint density at radius 1 is 1.11 bits per heavy atom. The van der Waals surface area contributed by atoms with Gasteiger partial charge in [0.2, 0.25) is 0 Å². The number of methoxy groups -OCH3 is 1. The van der Waals surface area contributed by atoms with Crippen molar-refractivity contribution in [3.63, 3.8) is 0 Å². The highest BCUT2D eigenvalue weighted by Gasteiger charge is 2.18. The summed E-state index contributed by atoms with van der Waals surface area (Å²) in [6.07, 6.45) is 6.32. The van der Waals surface area contributed by atoms with E-state index in [1.54, 1.807) is 14.0 Å². The Morgan fingerprint density at radius 3 is 2.32 bits per heavy atom. The number of benzene rings is 1. The standard InChI is InChI=1S/C16H23NO2/c1-13(18)16-14(9-8-10-15(16)19-2)17-11-6-4-3-5-7-12-17/h8-10H,3-7,11-12H2,1-2H3. The molecule has 104 valence electrons. The molecule has 0 atom stereocenters. The lowest BCUT2D eigenvalue weighted by Gasteiger charge is -2.29. The van der Waals surface area contributed by atoms with Crippen LogP contribution in [0, 0.1) is 0 Å². The smallest absolute Gasteiger partial charge is 0.165 e. The number of ether oxygens (including phenoxy) is 1. The Bertz CT molecular complexity index is 434. The van der Waals surface area contributed by atoms with Gasteiger partial charge in [-0.1, -0.05) is 25.3 Å². The molecule has 0 spiro atoms. The molecule has 0 N–H and O–H groups in total. The lowest BCUT2D eigenvalue weighted by atomic mass is 10.0. The molecule has 0 aromatic heterocycles. The monoisotopic (exact) mass is 261 g/mol. The molecule has 1 saturated heterocycles. The van der Waals surface area contributed by atoms with Gasteiger partial charge in [-0.3, -0.25) is 4.79 Å². The zero-order valence-electron chi connectivity index (χ0n) is 11.9. The Kier molecular flexibility index (Phi) is 4.83. The van der Waals surface area contributed by atoms with E-state index in [2.05, 4.69) is 4.90 Å². The van der Waals surface area contributed by atoms with Gasteiger partial charge in [-0.15, -0.1) is 0 Å². The summed E-state index contributed by atoms with van der Waals surface area (Å²) in [4.78, 5) is 14.3. The average molecular weight is 261 g/mol. The number of anilines is 1. The molecule has 0 amide bonds. The third-order valence-corrected chi connectivity index (χ3v) is 3.77. The number of carbonyl (C=O) groups is 1. The van der Waals surface area contributed by atoms with Crippen LogP contribution in [0.3, 0.4) is 0 Å². The first-order chi connectivity index (χ1) is 9.24. The second-order valence-corrected chi connectivity index (χ2v) is 5.17. The molecule has 19 heavy (non-hydrogen) atoms. The first kappa shape index (κ1) is 13.9. The quantitative estimate of drug-likeness (QED) is 0.778. The molecule has 1 aliphatic heterocycles. The van der Waals surface area contributed by atoms with Gasteiger partial charge in [0.05, 0.1) is 18.4 Å². The average Bonchev–Trinajstić information content (AvgIpc) is 2.37. The minimum Gasteiger partial charge on any atom is -0.496 e. The number of carbonyl (C=O) groups excluding carboxylic acids is 1. The van der Waals surface area contributed by atoms with Crippen LogP contribution in [0.15, 0.2) is 18.2 Å². The van der Waals surface area contributed by atoms with Crippen molar-refractivity contribution in [2.75, 3.05) is 25.1 Å². The molecule has 2 rings (SSSR count). The third-order valence-electron chi connectivity index (χ3n) is 3.77. The fourth-order valence-corrected chi connectivity index (χ4v) is 2.80. The summed E-state index contributed by atoms with van der Waals surface area (Å²) >= 11 is 0. The molecule has 1 fully saturated rings. The normalized spacial score (nSPS) is 16.6. The van der Waals surface area contributed by atoms with Crippen molar-refractivity contribution in [1.29, 1.82) is 0 Å². The summed E-state index contributed by atoms with van der Waals surface area (Å²) in [6.45, 7) is 3.69. The van der Waals surface area contributed by atoms with Crippen molar-refractivity contribution in [2.24, 2.45) is 0 Å². The van der Waals surface area contributed by atoms with Crippen LogP contribution in [0.25, 0.3) is 0 Å². The van der Waals surface area contributed by atoms with E-state index in [9.17, 15) is 4.79 Å². The summed E-state index contributed by atoms with van der Waals surface area (Å²) in [5.74, 6) is 0.765. The first-order valence-electron chi connectivity index (χ1n) is 7.17. The summed E-state index contributed by atoms with van der Waals surface area (Å²) in [7, 11) is 1.62. The third kappa shape index (κ3) is 3.28. The predicted molar refractivity (Wildman–Crippen MR) is 78.3 cm³/mol. The molecule has 3 nitrogen and oxygen atoms in total. The van der Waals surface area contributed by atoms with Crippen LogP contribution >= 0.6 is 0 Å². The summed E-state index contributed by atoms with van der Waals surface area (Å²) in [5.41, 5.74) is 1.76. The predicted octanol–water partition coefficient (Wildman–Crippen LogP) is 3.67. The number of Topliss-reactive ketones (excluding diaryl/α,β-unsaturated/α-hetero) is 1. The van der Waals surface area contributed by atoms with E-state index in [0.717, 1.165) is 24.3 Å². The van der Waals surface area contributed by atoms with Gasteiger partial charge in [0, 0.05) is 13.1 Å². The van der Waals surface area contributed by atoms with Crippen LogP contribution in [-0.2, 0) is 0 Å². The molecule has 1 heterocycles. The van der Waals surface area contributed by atoms with E-state index in [-0.39, 0.29) is 5.78 Å². The van der Waals surface area contributed by atoms with Crippen molar-refractivity contribution in [3.05, 3.63) is 23.8 Å². The minimum absolute atomic E-state index is 0.0782. The van der Waals surface area contributed by atoms with E-state index in [1.807, 2.05) is 18.2 Å². The van der Waals surface area contributed by atoms with E-state index >= 15 is 0 Å². The van der Waals surface area contributed by atoms with Gasteiger partial charge in [-0.25, -0.2) is 0 Å². The largest absolute Gasteiger partial charge is 0.496 e. The summed E-state index contributed by atoms with van der Waals surface area (Å²) in [5, 5.41) is 0.